The molecule has 2 atom stereocenters. The molecule has 62 valence electrons. The zero-order valence-corrected chi connectivity index (χ0v) is 7.14. The monoisotopic (exact) mass is 172 g/mol. The highest BCUT2D eigenvalue weighted by Crippen LogP contribution is 2.46. The van der Waals surface area contributed by atoms with Crippen LogP contribution in [0.1, 0.15) is 12.8 Å². The smallest absolute Gasteiger partial charge is 0.307 e. The molecule has 2 unspecified atom stereocenters. The fourth-order valence-electron chi connectivity index (χ4n) is 1.81. The Morgan fingerprint density at radius 3 is 2.64 bits per heavy atom. The second-order valence-electron chi connectivity index (χ2n) is 3.48. The van der Waals surface area contributed by atoms with Crippen molar-refractivity contribution in [1.82, 2.24) is 0 Å². The van der Waals surface area contributed by atoms with Crippen LogP contribution in [-0.2, 0) is 4.79 Å². The minimum Gasteiger partial charge on any atom is -0.481 e. The average Bonchev–Trinajstić information content (AvgIpc) is 2.68. The van der Waals surface area contributed by atoms with E-state index in [1.807, 2.05) is 0 Å². The lowest BCUT2D eigenvalue weighted by Gasteiger charge is -2.12. The van der Waals surface area contributed by atoms with Crippen LogP contribution in [0.2, 0.25) is 0 Å². The van der Waals surface area contributed by atoms with Crippen LogP contribution in [-0.4, -0.2) is 22.6 Å². The summed E-state index contributed by atoms with van der Waals surface area (Å²) in [5.41, 5.74) is 0. The fourth-order valence-corrected chi connectivity index (χ4v) is 3.37. The summed E-state index contributed by atoms with van der Waals surface area (Å²) >= 11 is 1.81. The molecule has 1 heterocycles. The summed E-state index contributed by atoms with van der Waals surface area (Å²) in [5.74, 6) is 2.57. The van der Waals surface area contributed by atoms with Crippen molar-refractivity contribution < 1.29 is 9.90 Å². The van der Waals surface area contributed by atoms with Gasteiger partial charge in [0.2, 0.25) is 0 Å². The number of hydrogen-bond donors (Lipinski definition) is 1. The molecule has 2 nitrogen and oxygen atoms in total. The number of aliphatic carboxylic acids is 1. The predicted molar refractivity (Wildman–Crippen MR) is 44.7 cm³/mol. The molecule has 0 spiro atoms. The third-order valence-corrected chi connectivity index (χ3v) is 3.88. The second kappa shape index (κ2) is 2.70. The first-order valence-corrected chi connectivity index (χ1v) is 5.25. The van der Waals surface area contributed by atoms with Crippen molar-refractivity contribution in [3.63, 3.8) is 0 Å². The molecule has 1 aliphatic carbocycles. The van der Waals surface area contributed by atoms with Gasteiger partial charge in [0.25, 0.3) is 0 Å². The van der Waals surface area contributed by atoms with Gasteiger partial charge in [-0.25, -0.2) is 0 Å². The molecule has 1 N–H and O–H groups in total. The van der Waals surface area contributed by atoms with E-state index in [4.69, 9.17) is 5.11 Å². The highest BCUT2D eigenvalue weighted by molar-refractivity contribution is 7.99. The maximum absolute atomic E-state index is 10.7. The summed E-state index contributed by atoms with van der Waals surface area (Å²) in [5, 5.41) is 8.85. The molecule has 0 aromatic rings. The Morgan fingerprint density at radius 1 is 1.36 bits per heavy atom. The van der Waals surface area contributed by atoms with Gasteiger partial charge in [0.15, 0.2) is 0 Å². The Kier molecular flexibility index (Phi) is 1.83. The number of thioether (sulfide) groups is 1. The minimum absolute atomic E-state index is 0.0347. The van der Waals surface area contributed by atoms with E-state index in [0.29, 0.717) is 5.92 Å². The number of rotatable bonds is 2. The normalized spacial score (nSPS) is 37.5. The van der Waals surface area contributed by atoms with Crippen LogP contribution in [0.5, 0.6) is 0 Å². The molecule has 0 aromatic heterocycles. The van der Waals surface area contributed by atoms with Crippen LogP contribution in [0.3, 0.4) is 0 Å². The lowest BCUT2D eigenvalue weighted by Crippen LogP contribution is -2.23. The van der Waals surface area contributed by atoms with E-state index < -0.39 is 5.97 Å². The Bertz CT molecular complexity index is 177. The van der Waals surface area contributed by atoms with E-state index in [-0.39, 0.29) is 5.92 Å². The summed E-state index contributed by atoms with van der Waals surface area (Å²) < 4.78 is 0. The first-order chi connectivity index (χ1) is 5.29. The Labute approximate surface area is 70.4 Å². The van der Waals surface area contributed by atoms with Crippen LogP contribution in [0.4, 0.5) is 0 Å². The Morgan fingerprint density at radius 2 is 2.09 bits per heavy atom. The van der Waals surface area contributed by atoms with E-state index in [9.17, 15) is 4.79 Å². The standard InChI is InChI=1S/C8H12O2S/c9-8(10)7-4-11-3-6(7)5-1-2-5/h5-7H,1-4H2,(H,9,10). The first kappa shape index (κ1) is 7.47. The fraction of sp³-hybridized carbons (Fsp3) is 0.875. The lowest BCUT2D eigenvalue weighted by molar-refractivity contribution is -0.142. The zero-order valence-electron chi connectivity index (χ0n) is 6.32. The molecule has 3 heteroatoms. The molecule has 1 saturated heterocycles. The van der Waals surface area contributed by atoms with Crippen molar-refractivity contribution >= 4 is 17.7 Å². The summed E-state index contributed by atoms with van der Waals surface area (Å²) in [6.45, 7) is 0. The minimum atomic E-state index is -0.577. The summed E-state index contributed by atoms with van der Waals surface area (Å²) in [6.07, 6.45) is 2.55. The zero-order chi connectivity index (χ0) is 7.84. The van der Waals surface area contributed by atoms with Gasteiger partial charge in [-0.2, -0.15) is 11.8 Å². The largest absolute Gasteiger partial charge is 0.481 e. The maximum Gasteiger partial charge on any atom is 0.307 e. The average molecular weight is 172 g/mol. The summed E-state index contributed by atoms with van der Waals surface area (Å²) in [6, 6.07) is 0. The van der Waals surface area contributed by atoms with Crippen LogP contribution >= 0.6 is 11.8 Å². The molecule has 0 amide bonds. The van der Waals surface area contributed by atoms with E-state index in [1.54, 1.807) is 11.8 Å². The molecule has 2 aliphatic rings. The molecule has 0 aromatic carbocycles. The first-order valence-electron chi connectivity index (χ1n) is 4.09. The van der Waals surface area contributed by atoms with Gasteiger partial charge >= 0.3 is 5.97 Å². The topological polar surface area (TPSA) is 37.3 Å². The van der Waals surface area contributed by atoms with Crippen LogP contribution in [0, 0.1) is 17.8 Å². The summed E-state index contributed by atoms with van der Waals surface area (Å²) in [4.78, 5) is 10.7. The molecule has 0 bridgehead atoms. The third kappa shape index (κ3) is 1.39. The molecular weight excluding hydrogens is 160 g/mol. The maximum atomic E-state index is 10.7. The van der Waals surface area contributed by atoms with Gasteiger partial charge in [-0.15, -0.1) is 0 Å². The lowest BCUT2D eigenvalue weighted by atomic mass is 9.92. The van der Waals surface area contributed by atoms with Crippen molar-refractivity contribution in [2.45, 2.75) is 12.8 Å². The molecule has 2 rings (SSSR count). The number of hydrogen-bond acceptors (Lipinski definition) is 2. The highest BCUT2D eigenvalue weighted by atomic mass is 32.2. The van der Waals surface area contributed by atoms with E-state index in [2.05, 4.69) is 0 Å². The SMILES string of the molecule is O=C(O)C1CSCC1C1CC1. The van der Waals surface area contributed by atoms with Crippen molar-refractivity contribution in [1.29, 1.82) is 0 Å². The van der Waals surface area contributed by atoms with Crippen molar-refractivity contribution in [3.8, 4) is 0 Å². The van der Waals surface area contributed by atoms with E-state index in [1.165, 1.54) is 12.8 Å². The van der Waals surface area contributed by atoms with Crippen molar-refractivity contribution in [2.24, 2.45) is 17.8 Å². The van der Waals surface area contributed by atoms with Gasteiger partial charge < -0.3 is 5.11 Å². The number of carboxylic acids is 1. The van der Waals surface area contributed by atoms with Gasteiger partial charge in [0.05, 0.1) is 5.92 Å². The van der Waals surface area contributed by atoms with Gasteiger partial charge in [0.1, 0.15) is 0 Å². The predicted octanol–water partition coefficient (Wildman–Crippen LogP) is 1.46. The second-order valence-corrected chi connectivity index (χ2v) is 4.56. The van der Waals surface area contributed by atoms with Gasteiger partial charge in [-0.1, -0.05) is 0 Å². The van der Waals surface area contributed by atoms with E-state index in [0.717, 1.165) is 17.4 Å². The molecule has 2 fully saturated rings. The molecule has 11 heavy (non-hydrogen) atoms. The van der Waals surface area contributed by atoms with Gasteiger partial charge in [-0.3, -0.25) is 4.79 Å². The third-order valence-electron chi connectivity index (χ3n) is 2.67. The molecular formula is C8H12O2S. The van der Waals surface area contributed by atoms with Crippen LogP contribution in [0.15, 0.2) is 0 Å². The molecule has 1 aliphatic heterocycles. The van der Waals surface area contributed by atoms with Crippen molar-refractivity contribution in [2.75, 3.05) is 11.5 Å². The van der Waals surface area contributed by atoms with Crippen LogP contribution in [0.25, 0.3) is 0 Å². The number of carbonyl (C=O) groups is 1. The van der Waals surface area contributed by atoms with Gasteiger partial charge in [0, 0.05) is 5.75 Å². The molecule has 1 saturated carbocycles. The number of carboxylic acid groups (broad SMARTS) is 1. The van der Waals surface area contributed by atoms with E-state index >= 15 is 0 Å². The summed E-state index contributed by atoms with van der Waals surface area (Å²) in [7, 11) is 0. The van der Waals surface area contributed by atoms with Crippen molar-refractivity contribution in [3.05, 3.63) is 0 Å². The Hall–Kier alpha value is -0.180. The van der Waals surface area contributed by atoms with Gasteiger partial charge in [-0.05, 0) is 30.4 Å². The van der Waals surface area contributed by atoms with Crippen LogP contribution < -0.4 is 0 Å². The highest BCUT2D eigenvalue weighted by Gasteiger charge is 2.42. The Balaban J connectivity index is 2.01. The molecule has 0 radical (unpaired) electrons. The quantitative estimate of drug-likeness (QED) is 0.685.